The van der Waals surface area contributed by atoms with Crippen molar-refractivity contribution in [3.05, 3.63) is 30.0 Å². The minimum atomic E-state index is -4.29. The summed E-state index contributed by atoms with van der Waals surface area (Å²) < 4.78 is 32.2. The Labute approximate surface area is 103 Å². The van der Waals surface area contributed by atoms with Gasteiger partial charge in [-0.25, -0.2) is 4.68 Å². The molecule has 7 nitrogen and oxygen atoms in total. The molecule has 0 aliphatic heterocycles. The lowest BCUT2D eigenvalue weighted by Crippen LogP contribution is -2.04. The lowest BCUT2D eigenvalue weighted by Gasteiger charge is -2.05. The molecule has 0 unspecified atom stereocenters. The SMILES string of the molecule is Cc1nn(-c2cccc(S(=O)(=O)O)c2)c(N)c1O. The van der Waals surface area contributed by atoms with E-state index in [1.54, 1.807) is 13.0 Å². The van der Waals surface area contributed by atoms with E-state index in [0.717, 1.165) is 0 Å². The average Bonchev–Trinajstić information content (AvgIpc) is 2.56. The molecule has 18 heavy (non-hydrogen) atoms. The van der Waals surface area contributed by atoms with Crippen LogP contribution in [-0.2, 0) is 10.1 Å². The van der Waals surface area contributed by atoms with Crippen LogP contribution in [0.1, 0.15) is 5.69 Å². The van der Waals surface area contributed by atoms with Gasteiger partial charge in [-0.2, -0.15) is 13.5 Å². The summed E-state index contributed by atoms with van der Waals surface area (Å²) in [6.07, 6.45) is 0. The zero-order chi connectivity index (χ0) is 13.5. The van der Waals surface area contributed by atoms with E-state index in [0.29, 0.717) is 11.4 Å². The molecule has 4 N–H and O–H groups in total. The fourth-order valence-electron chi connectivity index (χ4n) is 1.51. The van der Waals surface area contributed by atoms with E-state index in [2.05, 4.69) is 5.10 Å². The fourth-order valence-corrected chi connectivity index (χ4v) is 2.03. The first kappa shape index (κ1) is 12.4. The second-order valence-electron chi connectivity index (χ2n) is 3.70. The third kappa shape index (κ3) is 2.03. The number of aromatic nitrogens is 2. The number of benzene rings is 1. The van der Waals surface area contributed by atoms with Crippen molar-refractivity contribution in [3.63, 3.8) is 0 Å². The van der Waals surface area contributed by atoms with Gasteiger partial charge in [0.25, 0.3) is 10.1 Å². The second kappa shape index (κ2) is 4.00. The van der Waals surface area contributed by atoms with E-state index in [4.69, 9.17) is 10.3 Å². The molecule has 1 aromatic heterocycles. The summed E-state index contributed by atoms with van der Waals surface area (Å²) in [5.74, 6) is -0.160. The number of aromatic hydroxyl groups is 1. The first-order valence-electron chi connectivity index (χ1n) is 4.92. The highest BCUT2D eigenvalue weighted by Gasteiger charge is 2.15. The lowest BCUT2D eigenvalue weighted by atomic mass is 10.3. The molecule has 96 valence electrons. The van der Waals surface area contributed by atoms with Crippen LogP contribution >= 0.6 is 0 Å². The van der Waals surface area contributed by atoms with Crippen molar-refractivity contribution < 1.29 is 18.1 Å². The highest BCUT2D eigenvalue weighted by Crippen LogP contribution is 2.27. The molecule has 0 bridgehead atoms. The van der Waals surface area contributed by atoms with Gasteiger partial charge in [0.05, 0.1) is 10.6 Å². The molecule has 0 saturated carbocycles. The van der Waals surface area contributed by atoms with Gasteiger partial charge in [0.1, 0.15) is 5.69 Å². The van der Waals surface area contributed by atoms with Crippen LogP contribution in [-0.4, -0.2) is 27.9 Å². The number of rotatable bonds is 2. The maximum Gasteiger partial charge on any atom is 0.294 e. The third-order valence-electron chi connectivity index (χ3n) is 2.42. The van der Waals surface area contributed by atoms with Crippen LogP contribution in [0.5, 0.6) is 5.75 Å². The van der Waals surface area contributed by atoms with Crippen molar-refractivity contribution in [2.24, 2.45) is 0 Å². The Balaban J connectivity index is 2.62. The van der Waals surface area contributed by atoms with Crippen LogP contribution in [0.15, 0.2) is 29.2 Å². The highest BCUT2D eigenvalue weighted by atomic mass is 32.2. The summed E-state index contributed by atoms with van der Waals surface area (Å²) in [6.45, 7) is 1.56. The zero-order valence-electron chi connectivity index (χ0n) is 9.40. The molecule has 2 aromatic rings. The molecule has 8 heteroatoms. The average molecular weight is 269 g/mol. The Bertz CT molecular complexity index is 706. The van der Waals surface area contributed by atoms with E-state index < -0.39 is 10.1 Å². The van der Waals surface area contributed by atoms with Crippen LogP contribution in [0, 0.1) is 6.92 Å². The smallest absolute Gasteiger partial charge is 0.294 e. The lowest BCUT2D eigenvalue weighted by molar-refractivity contribution is 0.473. The molecule has 1 aromatic carbocycles. The van der Waals surface area contributed by atoms with Gasteiger partial charge in [-0.05, 0) is 25.1 Å². The maximum atomic E-state index is 11.0. The normalized spacial score (nSPS) is 11.7. The number of anilines is 1. The maximum absolute atomic E-state index is 11.0. The Hall–Kier alpha value is -2.06. The fraction of sp³-hybridized carbons (Fsp3) is 0.100. The molecule has 0 aliphatic rings. The standard InChI is InChI=1S/C10H11N3O4S/c1-6-9(14)10(11)13(12-6)7-3-2-4-8(5-7)18(15,16)17/h2-5,14H,11H2,1H3,(H,15,16,17). The minimum Gasteiger partial charge on any atom is -0.503 e. The molecule has 0 aliphatic carbocycles. The minimum absolute atomic E-state index is 0.0000113. The highest BCUT2D eigenvalue weighted by molar-refractivity contribution is 7.85. The van der Waals surface area contributed by atoms with Crippen molar-refractivity contribution in [3.8, 4) is 11.4 Å². The number of aryl methyl sites for hydroxylation is 1. The van der Waals surface area contributed by atoms with Gasteiger partial charge in [-0.1, -0.05) is 6.07 Å². The Morgan fingerprint density at radius 3 is 2.56 bits per heavy atom. The molecule has 0 atom stereocenters. The molecule has 1 heterocycles. The molecule has 2 rings (SSSR count). The van der Waals surface area contributed by atoms with E-state index in [-0.39, 0.29) is 16.5 Å². The van der Waals surface area contributed by atoms with Crippen LogP contribution in [0.25, 0.3) is 5.69 Å². The quantitative estimate of drug-likeness (QED) is 0.691. The van der Waals surface area contributed by atoms with Crippen LogP contribution in [0.4, 0.5) is 5.82 Å². The van der Waals surface area contributed by atoms with Gasteiger partial charge in [-0.15, -0.1) is 0 Å². The molecule has 0 radical (unpaired) electrons. The van der Waals surface area contributed by atoms with Gasteiger partial charge in [-0.3, -0.25) is 4.55 Å². The van der Waals surface area contributed by atoms with Crippen molar-refractivity contribution in [1.82, 2.24) is 9.78 Å². The predicted molar refractivity (Wildman–Crippen MR) is 64.2 cm³/mol. The molecular formula is C10H11N3O4S. The number of nitrogen functional groups attached to an aromatic ring is 1. The van der Waals surface area contributed by atoms with E-state index in [1.807, 2.05) is 0 Å². The van der Waals surface area contributed by atoms with Crippen molar-refractivity contribution in [1.29, 1.82) is 0 Å². The van der Waals surface area contributed by atoms with Gasteiger partial charge in [0.15, 0.2) is 11.6 Å². The van der Waals surface area contributed by atoms with Crippen LogP contribution in [0.2, 0.25) is 0 Å². The topological polar surface area (TPSA) is 118 Å². The largest absolute Gasteiger partial charge is 0.503 e. The van der Waals surface area contributed by atoms with Gasteiger partial charge in [0.2, 0.25) is 0 Å². The van der Waals surface area contributed by atoms with E-state index >= 15 is 0 Å². The monoisotopic (exact) mass is 269 g/mol. The Morgan fingerprint density at radius 1 is 1.39 bits per heavy atom. The molecule has 0 fully saturated rings. The first-order valence-corrected chi connectivity index (χ1v) is 6.36. The van der Waals surface area contributed by atoms with Crippen molar-refractivity contribution in [2.75, 3.05) is 5.73 Å². The first-order chi connectivity index (χ1) is 8.30. The summed E-state index contributed by atoms with van der Waals surface area (Å²) >= 11 is 0. The molecular weight excluding hydrogens is 258 g/mol. The van der Waals surface area contributed by atoms with Crippen LogP contribution in [0.3, 0.4) is 0 Å². The Kier molecular flexibility index (Phi) is 2.76. The molecule has 0 amide bonds. The number of nitrogens with two attached hydrogens (primary N) is 1. The summed E-state index contributed by atoms with van der Waals surface area (Å²) in [6, 6.07) is 5.44. The van der Waals surface area contributed by atoms with Gasteiger partial charge in [0, 0.05) is 0 Å². The molecule has 0 spiro atoms. The summed E-state index contributed by atoms with van der Waals surface area (Å²) in [4.78, 5) is -0.271. The summed E-state index contributed by atoms with van der Waals surface area (Å²) in [5, 5.41) is 13.5. The summed E-state index contributed by atoms with van der Waals surface area (Å²) in [7, 11) is -4.29. The zero-order valence-corrected chi connectivity index (χ0v) is 10.2. The summed E-state index contributed by atoms with van der Waals surface area (Å²) in [5.41, 5.74) is 6.28. The third-order valence-corrected chi connectivity index (χ3v) is 3.27. The number of hydrogen-bond acceptors (Lipinski definition) is 5. The Morgan fingerprint density at radius 2 is 2.06 bits per heavy atom. The second-order valence-corrected chi connectivity index (χ2v) is 5.13. The number of nitrogens with zero attached hydrogens (tertiary/aromatic N) is 2. The number of hydrogen-bond donors (Lipinski definition) is 3. The van der Waals surface area contributed by atoms with E-state index in [1.165, 1.54) is 22.9 Å². The van der Waals surface area contributed by atoms with Gasteiger partial charge < -0.3 is 10.8 Å². The van der Waals surface area contributed by atoms with Crippen molar-refractivity contribution >= 4 is 15.9 Å². The molecule has 0 saturated heterocycles. The van der Waals surface area contributed by atoms with Gasteiger partial charge >= 0.3 is 0 Å². The van der Waals surface area contributed by atoms with E-state index in [9.17, 15) is 13.5 Å². The van der Waals surface area contributed by atoms with Crippen LogP contribution < -0.4 is 5.73 Å². The predicted octanol–water partition coefficient (Wildman–Crippen LogP) is 0.715. The van der Waals surface area contributed by atoms with Crippen molar-refractivity contribution in [2.45, 2.75) is 11.8 Å².